The fraction of sp³-hybridized carbons (Fsp3) is 0.667. The largest absolute Gasteiger partial charge is 0.368 e. The quantitative estimate of drug-likeness (QED) is 0.445. The summed E-state index contributed by atoms with van der Waals surface area (Å²) in [6, 6.07) is 0. The molecule has 0 aliphatic carbocycles. The van der Waals surface area contributed by atoms with Crippen molar-refractivity contribution >= 4 is 11.8 Å². The molecule has 2 heteroatoms. The maximum Gasteiger partial charge on any atom is 0.107 e. The molecule has 1 nitrogen and oxygen atoms in total. The minimum absolute atomic E-state index is 0.626. The summed E-state index contributed by atoms with van der Waals surface area (Å²) in [4.78, 5) is 0. The van der Waals surface area contributed by atoms with Crippen LogP contribution in [0.2, 0.25) is 0 Å². The highest BCUT2D eigenvalue weighted by Gasteiger charge is 1.88. The van der Waals surface area contributed by atoms with Crippen molar-refractivity contribution in [1.29, 1.82) is 0 Å². The summed E-state index contributed by atoms with van der Waals surface area (Å²) < 4.78 is 5.08. The zero-order chi connectivity index (χ0) is 5.66. The molecule has 0 bridgehead atoms. The normalized spacial score (nSPS) is 20.0. The number of hydrogen-bond acceptors (Lipinski definition) is 2. The Kier molecular flexibility index (Phi) is 2.87. The highest BCUT2D eigenvalue weighted by molar-refractivity contribution is 7.99. The predicted octanol–water partition coefficient (Wildman–Crippen LogP) is 0.753. The molecule has 1 aliphatic rings. The van der Waals surface area contributed by atoms with Gasteiger partial charge in [0.15, 0.2) is 0 Å². The second-order valence-corrected chi connectivity index (χ2v) is 2.56. The molecule has 1 rings (SSSR count). The molecule has 1 heterocycles. The van der Waals surface area contributed by atoms with Crippen molar-refractivity contribution in [2.45, 2.75) is 0 Å². The van der Waals surface area contributed by atoms with Gasteiger partial charge in [-0.05, 0) is 0 Å². The molecule has 0 fully saturated rings. The van der Waals surface area contributed by atoms with Gasteiger partial charge in [0, 0.05) is 5.75 Å². The van der Waals surface area contributed by atoms with Gasteiger partial charge in [-0.25, -0.2) is 0 Å². The molecular formula is C6H8OS. The summed E-state index contributed by atoms with van der Waals surface area (Å²) in [6.45, 7) is 1.49. The maximum atomic E-state index is 5.08. The third-order valence-electron chi connectivity index (χ3n) is 0.845. The molecule has 0 aromatic rings. The zero-order valence-corrected chi connectivity index (χ0v) is 5.46. The maximum absolute atomic E-state index is 5.08. The molecule has 0 radical (unpaired) electrons. The molecule has 0 saturated heterocycles. The van der Waals surface area contributed by atoms with E-state index in [1.807, 2.05) is 11.8 Å². The molecule has 0 aromatic heterocycles. The van der Waals surface area contributed by atoms with Crippen molar-refractivity contribution < 1.29 is 4.74 Å². The predicted molar refractivity (Wildman–Crippen MR) is 35.9 cm³/mol. The molecule has 0 aromatic carbocycles. The summed E-state index contributed by atoms with van der Waals surface area (Å²) in [5.74, 6) is 7.94. The molecule has 0 N–H and O–H groups in total. The Labute approximate surface area is 53.8 Å². The first-order chi connectivity index (χ1) is 4.00. The van der Waals surface area contributed by atoms with E-state index in [4.69, 9.17) is 4.74 Å². The van der Waals surface area contributed by atoms with E-state index in [0.29, 0.717) is 6.61 Å². The van der Waals surface area contributed by atoms with Crippen LogP contribution < -0.4 is 0 Å². The Hall–Kier alpha value is -0.130. The number of hydrogen-bond donors (Lipinski definition) is 0. The van der Waals surface area contributed by atoms with Crippen LogP contribution in [0.1, 0.15) is 0 Å². The monoisotopic (exact) mass is 128 g/mol. The van der Waals surface area contributed by atoms with Crippen LogP contribution in [0.15, 0.2) is 0 Å². The molecule has 44 valence electrons. The molecule has 0 atom stereocenters. The smallest absolute Gasteiger partial charge is 0.107 e. The van der Waals surface area contributed by atoms with Gasteiger partial charge in [-0.1, -0.05) is 11.8 Å². The molecule has 0 amide bonds. The van der Waals surface area contributed by atoms with Crippen LogP contribution in [-0.2, 0) is 4.74 Å². The zero-order valence-electron chi connectivity index (χ0n) is 4.64. The van der Waals surface area contributed by atoms with Gasteiger partial charge >= 0.3 is 0 Å². The number of rotatable bonds is 0. The summed E-state index contributed by atoms with van der Waals surface area (Å²) in [5, 5.41) is 0. The Morgan fingerprint density at radius 3 is 3.38 bits per heavy atom. The Morgan fingerprint density at radius 1 is 1.38 bits per heavy atom. The van der Waals surface area contributed by atoms with Gasteiger partial charge in [-0.3, -0.25) is 0 Å². The van der Waals surface area contributed by atoms with Gasteiger partial charge in [0.05, 0.1) is 12.4 Å². The summed E-state index contributed by atoms with van der Waals surface area (Å²) in [7, 11) is 0. The van der Waals surface area contributed by atoms with Crippen molar-refractivity contribution in [3.8, 4) is 11.8 Å². The Morgan fingerprint density at radius 2 is 2.38 bits per heavy atom. The topological polar surface area (TPSA) is 9.23 Å². The SMILES string of the molecule is C1#CCSCCOC1. The van der Waals surface area contributed by atoms with E-state index in [9.17, 15) is 0 Å². The van der Waals surface area contributed by atoms with Crippen LogP contribution >= 0.6 is 11.8 Å². The first-order valence-electron chi connectivity index (χ1n) is 2.61. The van der Waals surface area contributed by atoms with Crippen LogP contribution in [0, 0.1) is 11.8 Å². The van der Waals surface area contributed by atoms with Crippen LogP contribution in [0.3, 0.4) is 0 Å². The lowest BCUT2D eigenvalue weighted by atomic mass is 10.6. The van der Waals surface area contributed by atoms with Gasteiger partial charge in [-0.2, -0.15) is 0 Å². The van der Waals surface area contributed by atoms with Crippen LogP contribution in [0.4, 0.5) is 0 Å². The average molecular weight is 128 g/mol. The second-order valence-electron chi connectivity index (χ2n) is 1.46. The molecule has 0 saturated carbocycles. The molecule has 0 spiro atoms. The van der Waals surface area contributed by atoms with Crippen LogP contribution in [0.5, 0.6) is 0 Å². The average Bonchev–Trinajstić information content (AvgIpc) is 1.62. The van der Waals surface area contributed by atoms with E-state index >= 15 is 0 Å². The van der Waals surface area contributed by atoms with Crippen molar-refractivity contribution in [3.63, 3.8) is 0 Å². The third-order valence-corrected chi connectivity index (χ3v) is 1.65. The van der Waals surface area contributed by atoms with E-state index in [-0.39, 0.29) is 0 Å². The van der Waals surface area contributed by atoms with E-state index in [1.165, 1.54) is 0 Å². The van der Waals surface area contributed by atoms with Crippen molar-refractivity contribution in [2.24, 2.45) is 0 Å². The van der Waals surface area contributed by atoms with E-state index in [1.54, 1.807) is 0 Å². The number of thioether (sulfide) groups is 1. The molecular weight excluding hydrogens is 120 g/mol. The number of ether oxygens (including phenoxy) is 1. The highest BCUT2D eigenvalue weighted by atomic mass is 32.2. The van der Waals surface area contributed by atoms with E-state index in [2.05, 4.69) is 11.8 Å². The van der Waals surface area contributed by atoms with Crippen LogP contribution in [-0.4, -0.2) is 24.7 Å². The molecule has 0 unspecified atom stereocenters. The lowest BCUT2D eigenvalue weighted by Crippen LogP contribution is -2.00. The Balaban J connectivity index is 2.24. The summed E-state index contributed by atoms with van der Waals surface area (Å²) in [5.41, 5.74) is 0. The minimum atomic E-state index is 0.626. The van der Waals surface area contributed by atoms with Crippen molar-refractivity contribution in [2.75, 3.05) is 24.7 Å². The summed E-state index contributed by atoms with van der Waals surface area (Å²) >= 11 is 1.83. The van der Waals surface area contributed by atoms with E-state index in [0.717, 1.165) is 18.1 Å². The fourth-order valence-electron chi connectivity index (χ4n) is 0.466. The lowest BCUT2D eigenvalue weighted by molar-refractivity contribution is 0.185. The van der Waals surface area contributed by atoms with Crippen LogP contribution in [0.25, 0.3) is 0 Å². The first-order valence-corrected chi connectivity index (χ1v) is 3.77. The van der Waals surface area contributed by atoms with Gasteiger partial charge < -0.3 is 4.74 Å². The van der Waals surface area contributed by atoms with Crippen molar-refractivity contribution in [3.05, 3.63) is 0 Å². The fourth-order valence-corrected chi connectivity index (χ4v) is 1.05. The standard InChI is InChI=1S/C6H8OS/c1-2-5-8-6-4-7-3-1/h3-6H2. The minimum Gasteiger partial charge on any atom is -0.368 e. The molecule has 1 aliphatic heterocycles. The first kappa shape index (κ1) is 6.00. The second kappa shape index (κ2) is 3.82. The van der Waals surface area contributed by atoms with Gasteiger partial charge in [0.25, 0.3) is 0 Å². The van der Waals surface area contributed by atoms with Crippen molar-refractivity contribution in [1.82, 2.24) is 0 Å². The highest BCUT2D eigenvalue weighted by Crippen LogP contribution is 1.98. The summed E-state index contributed by atoms with van der Waals surface area (Å²) in [6.07, 6.45) is 0. The van der Waals surface area contributed by atoms with Gasteiger partial charge in [0.1, 0.15) is 6.61 Å². The third kappa shape index (κ3) is 2.25. The lowest BCUT2D eigenvalue weighted by Gasteiger charge is -1.99. The van der Waals surface area contributed by atoms with Gasteiger partial charge in [0.2, 0.25) is 0 Å². The van der Waals surface area contributed by atoms with E-state index < -0.39 is 0 Å². The Bertz CT molecular complexity index is 99.4. The van der Waals surface area contributed by atoms with Gasteiger partial charge in [-0.15, -0.1) is 11.8 Å². The molecule has 8 heavy (non-hydrogen) atoms.